The highest BCUT2D eigenvalue weighted by atomic mass is 19.4. The lowest BCUT2D eigenvalue weighted by molar-refractivity contribution is -0.413. The Morgan fingerprint density at radius 1 is 0.903 bits per heavy atom. The standard InChI is InChI=1S/C19H23F9O3/c1-9-10(2)12-7-11(9)8-15(12,17(20,21)22)13(29)31-14(5-3-4-6-14)16(30,18(23,24)25)19(26,27)28/h9-12,30H,3-8H2,1-2H3. The molecule has 0 aromatic heterocycles. The average Bonchev–Trinajstić information content (AvgIpc) is 3.28. The SMILES string of the molecule is CC1C2CC(C1C)C(C(=O)OC1(C(O)(C(F)(F)F)C(F)(F)F)CCCC1)(C(F)(F)F)C2. The van der Waals surface area contributed by atoms with Crippen LogP contribution < -0.4 is 0 Å². The second-order valence-electron chi connectivity index (χ2n) is 9.29. The van der Waals surface area contributed by atoms with Crippen molar-refractivity contribution in [2.24, 2.45) is 29.1 Å². The predicted octanol–water partition coefficient (Wildman–Crippen LogP) is 5.56. The van der Waals surface area contributed by atoms with Crippen molar-refractivity contribution in [3.8, 4) is 0 Å². The number of ether oxygens (including phenoxy) is 1. The Morgan fingerprint density at radius 3 is 1.74 bits per heavy atom. The summed E-state index contributed by atoms with van der Waals surface area (Å²) in [6.45, 7) is 3.18. The molecule has 0 aliphatic heterocycles. The van der Waals surface area contributed by atoms with Gasteiger partial charge in [-0.25, -0.2) is 0 Å². The molecule has 3 nitrogen and oxygen atoms in total. The molecule has 3 aliphatic rings. The molecule has 5 unspecified atom stereocenters. The fourth-order valence-corrected chi connectivity index (χ4v) is 6.14. The largest absolute Gasteiger partial charge is 0.455 e. The van der Waals surface area contributed by atoms with Gasteiger partial charge in [-0.05, 0) is 62.2 Å². The summed E-state index contributed by atoms with van der Waals surface area (Å²) < 4.78 is 128. The van der Waals surface area contributed by atoms with E-state index in [-0.39, 0.29) is 25.2 Å². The zero-order chi connectivity index (χ0) is 23.8. The van der Waals surface area contributed by atoms with Crippen molar-refractivity contribution in [2.75, 3.05) is 0 Å². The Balaban J connectivity index is 2.08. The summed E-state index contributed by atoms with van der Waals surface area (Å²) in [5.41, 5.74) is -12.3. The van der Waals surface area contributed by atoms with Crippen molar-refractivity contribution >= 4 is 5.97 Å². The van der Waals surface area contributed by atoms with Gasteiger partial charge >= 0.3 is 24.5 Å². The van der Waals surface area contributed by atoms with Crippen LogP contribution in [-0.2, 0) is 9.53 Å². The number of aliphatic hydroxyl groups is 1. The Morgan fingerprint density at radius 2 is 1.39 bits per heavy atom. The van der Waals surface area contributed by atoms with Crippen LogP contribution in [0.4, 0.5) is 39.5 Å². The lowest BCUT2D eigenvalue weighted by Crippen LogP contribution is -2.72. The molecule has 31 heavy (non-hydrogen) atoms. The summed E-state index contributed by atoms with van der Waals surface area (Å²) in [6.07, 6.45) is -21.3. The van der Waals surface area contributed by atoms with Crippen molar-refractivity contribution in [3.63, 3.8) is 0 Å². The van der Waals surface area contributed by atoms with Gasteiger partial charge in [0, 0.05) is 0 Å². The van der Waals surface area contributed by atoms with Crippen molar-refractivity contribution < 1.29 is 54.2 Å². The Kier molecular flexibility index (Phi) is 5.44. The fraction of sp³-hybridized carbons (Fsp3) is 0.947. The minimum atomic E-state index is -6.32. The minimum Gasteiger partial charge on any atom is -0.455 e. The summed E-state index contributed by atoms with van der Waals surface area (Å²) in [5, 5.41) is 9.93. The molecule has 3 rings (SSSR count). The zero-order valence-corrected chi connectivity index (χ0v) is 16.7. The molecule has 3 fully saturated rings. The molecule has 180 valence electrons. The van der Waals surface area contributed by atoms with E-state index >= 15 is 0 Å². The minimum absolute atomic E-state index is 0.0211. The van der Waals surface area contributed by atoms with E-state index in [0.717, 1.165) is 0 Å². The smallest absolute Gasteiger partial charge is 0.430 e. The van der Waals surface area contributed by atoms with Gasteiger partial charge in [0.05, 0.1) is 0 Å². The van der Waals surface area contributed by atoms with E-state index in [1.54, 1.807) is 6.92 Å². The van der Waals surface area contributed by atoms with Crippen molar-refractivity contribution in [3.05, 3.63) is 0 Å². The maximum atomic E-state index is 14.2. The Labute approximate surface area is 172 Å². The normalized spacial score (nSPS) is 36.1. The molecular weight excluding hydrogens is 447 g/mol. The third kappa shape index (κ3) is 3.09. The van der Waals surface area contributed by atoms with Crippen molar-refractivity contribution in [1.82, 2.24) is 0 Å². The van der Waals surface area contributed by atoms with E-state index in [1.165, 1.54) is 6.92 Å². The summed E-state index contributed by atoms with van der Waals surface area (Å²) in [7, 11) is 0. The van der Waals surface area contributed by atoms with Gasteiger partial charge in [0.1, 0.15) is 0 Å². The molecule has 0 aromatic carbocycles. The van der Waals surface area contributed by atoms with Crippen LogP contribution in [0.15, 0.2) is 0 Å². The molecule has 0 radical (unpaired) electrons. The molecule has 0 spiro atoms. The van der Waals surface area contributed by atoms with Gasteiger partial charge in [-0.2, -0.15) is 39.5 Å². The number of carbonyl (C=O) groups is 1. The van der Waals surface area contributed by atoms with Gasteiger partial charge in [0.25, 0.3) is 5.60 Å². The number of hydrogen-bond acceptors (Lipinski definition) is 3. The highest BCUT2D eigenvalue weighted by Gasteiger charge is 2.83. The van der Waals surface area contributed by atoms with E-state index in [4.69, 9.17) is 0 Å². The number of hydrogen-bond donors (Lipinski definition) is 1. The molecule has 3 saturated carbocycles. The lowest BCUT2D eigenvalue weighted by Gasteiger charge is -2.48. The van der Waals surface area contributed by atoms with Crippen molar-refractivity contribution in [2.45, 2.75) is 82.1 Å². The first-order valence-corrected chi connectivity index (χ1v) is 10.0. The zero-order valence-electron chi connectivity index (χ0n) is 16.7. The molecule has 5 atom stereocenters. The van der Waals surface area contributed by atoms with E-state index in [2.05, 4.69) is 4.74 Å². The number of rotatable bonds is 3. The molecule has 0 amide bonds. The third-order valence-electron chi connectivity index (χ3n) is 8.03. The van der Waals surface area contributed by atoms with Crippen molar-refractivity contribution in [1.29, 1.82) is 0 Å². The quantitative estimate of drug-likeness (QED) is 0.434. The van der Waals surface area contributed by atoms with Crippen LogP contribution in [0, 0.1) is 29.1 Å². The molecule has 0 aromatic rings. The topological polar surface area (TPSA) is 46.5 Å². The molecule has 12 heteroatoms. The van der Waals surface area contributed by atoms with Crippen LogP contribution in [-0.4, -0.2) is 40.8 Å². The molecule has 2 bridgehead atoms. The number of alkyl halides is 9. The number of esters is 1. The maximum absolute atomic E-state index is 14.2. The Bertz CT molecular complexity index is 705. The summed E-state index contributed by atoms with van der Waals surface area (Å²) >= 11 is 0. The van der Waals surface area contributed by atoms with Gasteiger partial charge in [-0.15, -0.1) is 0 Å². The first-order valence-electron chi connectivity index (χ1n) is 10.0. The summed E-state index contributed by atoms with van der Waals surface area (Å²) in [4.78, 5) is 12.9. The van der Waals surface area contributed by atoms with Crippen LogP contribution in [0.5, 0.6) is 0 Å². The fourth-order valence-electron chi connectivity index (χ4n) is 6.14. The van der Waals surface area contributed by atoms with Gasteiger partial charge in [0.2, 0.25) is 0 Å². The molecule has 0 saturated heterocycles. The summed E-state index contributed by atoms with van der Waals surface area (Å²) in [6, 6.07) is 0. The monoisotopic (exact) mass is 470 g/mol. The van der Waals surface area contributed by atoms with Gasteiger partial charge in [-0.1, -0.05) is 13.8 Å². The molecule has 0 heterocycles. The first-order chi connectivity index (χ1) is 13.9. The highest BCUT2D eigenvalue weighted by molar-refractivity contribution is 5.80. The average molecular weight is 470 g/mol. The molecule has 1 N–H and O–H groups in total. The Hall–Kier alpha value is -1.20. The van der Waals surface area contributed by atoms with Crippen LogP contribution in [0.3, 0.4) is 0 Å². The van der Waals surface area contributed by atoms with Crippen LogP contribution >= 0.6 is 0 Å². The number of carbonyl (C=O) groups excluding carboxylic acids is 1. The first kappa shape index (κ1) is 24.4. The lowest BCUT2D eigenvalue weighted by atomic mass is 9.65. The third-order valence-corrected chi connectivity index (χ3v) is 8.03. The van der Waals surface area contributed by atoms with Gasteiger partial charge in [-0.3, -0.25) is 4.79 Å². The molecule has 3 aliphatic carbocycles. The molecular formula is C19H23F9O3. The second-order valence-corrected chi connectivity index (χ2v) is 9.29. The number of fused-ring (bicyclic) bond motifs is 2. The van der Waals surface area contributed by atoms with E-state index in [0.29, 0.717) is 0 Å². The van der Waals surface area contributed by atoms with Crippen LogP contribution in [0.25, 0.3) is 0 Å². The number of halogens is 9. The highest BCUT2D eigenvalue weighted by Crippen LogP contribution is 2.67. The second kappa shape index (κ2) is 6.90. The predicted molar refractivity (Wildman–Crippen MR) is 87.4 cm³/mol. The summed E-state index contributed by atoms with van der Waals surface area (Å²) in [5.74, 6) is -4.84. The maximum Gasteiger partial charge on any atom is 0.430 e. The van der Waals surface area contributed by atoms with E-state index in [9.17, 15) is 49.4 Å². The van der Waals surface area contributed by atoms with E-state index in [1.807, 2.05) is 0 Å². The van der Waals surface area contributed by atoms with Crippen LogP contribution in [0.1, 0.15) is 52.4 Å². The van der Waals surface area contributed by atoms with E-state index < -0.39 is 78.1 Å². The van der Waals surface area contributed by atoms with Gasteiger partial charge < -0.3 is 9.84 Å². The van der Waals surface area contributed by atoms with Gasteiger partial charge in [0.15, 0.2) is 11.0 Å². The van der Waals surface area contributed by atoms with Crippen LogP contribution in [0.2, 0.25) is 0 Å².